The number of rotatable bonds is 2. The van der Waals surface area contributed by atoms with Gasteiger partial charge in [0.2, 0.25) is 0 Å². The average Bonchev–Trinajstić information content (AvgIpc) is 1.91. The molecule has 0 aliphatic heterocycles. The van der Waals surface area contributed by atoms with Gasteiger partial charge in [-0.25, -0.2) is 0 Å². The van der Waals surface area contributed by atoms with E-state index in [1.807, 2.05) is 6.07 Å². The van der Waals surface area contributed by atoms with Gasteiger partial charge in [-0.2, -0.15) is 12.6 Å². The summed E-state index contributed by atoms with van der Waals surface area (Å²) in [5.74, 6) is 0.935. The summed E-state index contributed by atoms with van der Waals surface area (Å²) in [6.07, 6.45) is 1.07. The summed E-state index contributed by atoms with van der Waals surface area (Å²) in [6, 6.07) is 10.4. The van der Waals surface area contributed by atoms with Crippen molar-refractivity contribution in [2.45, 2.75) is 13.8 Å². The third kappa shape index (κ3) is 2.92. The van der Waals surface area contributed by atoms with Crippen LogP contribution < -0.4 is 0 Å². The van der Waals surface area contributed by atoms with E-state index in [0.29, 0.717) is 0 Å². The fraction of sp³-hybridized carbons (Fsp3) is 0.333. The van der Waals surface area contributed by atoms with E-state index in [1.165, 1.54) is 5.56 Å². The first-order valence-corrected chi connectivity index (χ1v) is 3.71. The lowest BCUT2D eigenvalue weighted by atomic mass is 10.2. The molecule has 0 heterocycles. The van der Waals surface area contributed by atoms with E-state index in [9.17, 15) is 0 Å². The average molecular weight is 154 g/mol. The molecule has 0 radical (unpaired) electrons. The van der Waals surface area contributed by atoms with E-state index in [4.69, 9.17) is 0 Å². The highest BCUT2D eigenvalue weighted by molar-refractivity contribution is 7.80. The molecule has 0 unspecified atom stereocenters. The maximum atomic E-state index is 4.13. The molecule has 1 aromatic carbocycles. The number of aryl methyl sites for hydroxylation is 1. The molecule has 0 nitrogen and oxygen atoms in total. The highest BCUT2D eigenvalue weighted by Crippen LogP contribution is 1.99. The summed E-state index contributed by atoms with van der Waals surface area (Å²) >= 11 is 4.13. The Morgan fingerprint density at radius 2 is 1.70 bits per heavy atom. The molecule has 1 aromatic rings. The van der Waals surface area contributed by atoms with E-state index in [2.05, 4.69) is 36.9 Å². The maximum absolute atomic E-state index is 4.13. The first kappa shape index (κ1) is 9.57. The lowest BCUT2D eigenvalue weighted by molar-refractivity contribution is 1.16. The van der Waals surface area contributed by atoms with E-state index < -0.39 is 0 Å². The van der Waals surface area contributed by atoms with E-state index in [-0.39, 0.29) is 7.43 Å². The second kappa shape index (κ2) is 5.36. The molecule has 0 atom stereocenters. The van der Waals surface area contributed by atoms with Crippen molar-refractivity contribution in [1.82, 2.24) is 0 Å². The summed E-state index contributed by atoms with van der Waals surface area (Å²) in [7, 11) is 0. The molecule has 0 aromatic heterocycles. The van der Waals surface area contributed by atoms with Crippen molar-refractivity contribution in [3.8, 4) is 0 Å². The van der Waals surface area contributed by atoms with Crippen LogP contribution >= 0.6 is 12.6 Å². The lowest BCUT2D eigenvalue weighted by Crippen LogP contribution is -1.82. The number of hydrogen-bond acceptors (Lipinski definition) is 1. The monoisotopic (exact) mass is 154 g/mol. The van der Waals surface area contributed by atoms with Gasteiger partial charge in [-0.05, 0) is 17.7 Å². The third-order valence-corrected chi connectivity index (χ3v) is 1.47. The molecule has 0 aliphatic rings. The van der Waals surface area contributed by atoms with Gasteiger partial charge in [0.15, 0.2) is 0 Å². The van der Waals surface area contributed by atoms with Gasteiger partial charge in [-0.3, -0.25) is 0 Å². The number of thiol groups is 1. The van der Waals surface area contributed by atoms with Crippen LogP contribution in [-0.2, 0) is 6.42 Å². The maximum Gasteiger partial charge on any atom is -0.00574 e. The molecule has 0 aliphatic carbocycles. The van der Waals surface area contributed by atoms with Gasteiger partial charge in [0.1, 0.15) is 0 Å². The highest BCUT2D eigenvalue weighted by Gasteiger charge is 1.84. The minimum atomic E-state index is 0. The summed E-state index contributed by atoms with van der Waals surface area (Å²) in [4.78, 5) is 0. The van der Waals surface area contributed by atoms with E-state index >= 15 is 0 Å². The van der Waals surface area contributed by atoms with Crippen LogP contribution in [0.25, 0.3) is 0 Å². The van der Waals surface area contributed by atoms with Gasteiger partial charge < -0.3 is 0 Å². The number of hydrogen-bond donors (Lipinski definition) is 1. The predicted molar refractivity (Wildman–Crippen MR) is 50.7 cm³/mol. The molecule has 0 bridgehead atoms. The van der Waals surface area contributed by atoms with Crippen molar-refractivity contribution in [3.05, 3.63) is 35.9 Å². The fourth-order valence-electron chi connectivity index (χ4n) is 0.774. The Bertz CT molecular complexity index is 158. The molecule has 56 valence electrons. The van der Waals surface area contributed by atoms with Crippen LogP contribution in [0, 0.1) is 0 Å². The molecule has 0 fully saturated rings. The summed E-state index contributed by atoms with van der Waals surface area (Å²) in [6.45, 7) is 0. The summed E-state index contributed by atoms with van der Waals surface area (Å²) in [5, 5.41) is 0. The molecular weight excluding hydrogens is 140 g/mol. The molecular formula is C9H14S. The predicted octanol–water partition coefficient (Wildman–Crippen LogP) is 2.80. The van der Waals surface area contributed by atoms with Crippen molar-refractivity contribution in [1.29, 1.82) is 0 Å². The van der Waals surface area contributed by atoms with Crippen LogP contribution in [0.1, 0.15) is 13.0 Å². The molecule has 0 saturated heterocycles. The van der Waals surface area contributed by atoms with Gasteiger partial charge in [0.25, 0.3) is 0 Å². The fourth-order valence-corrected chi connectivity index (χ4v) is 1.03. The standard InChI is InChI=1S/C8H10S.CH4/c9-7-6-8-4-2-1-3-5-8;/h1-5,9H,6-7H2;1H4. The second-order valence-electron chi connectivity index (χ2n) is 1.96. The SMILES string of the molecule is C.SCCc1ccccc1. The molecule has 0 saturated carbocycles. The van der Waals surface area contributed by atoms with Gasteiger partial charge in [-0.1, -0.05) is 37.8 Å². The smallest absolute Gasteiger partial charge is 0.00574 e. The Kier molecular flexibility index (Phi) is 5.13. The Morgan fingerprint density at radius 1 is 1.10 bits per heavy atom. The minimum Gasteiger partial charge on any atom is -0.179 e. The van der Waals surface area contributed by atoms with Crippen molar-refractivity contribution in [2.75, 3.05) is 5.75 Å². The second-order valence-corrected chi connectivity index (χ2v) is 2.41. The Morgan fingerprint density at radius 3 is 2.20 bits per heavy atom. The summed E-state index contributed by atoms with van der Waals surface area (Å²) in [5.41, 5.74) is 1.37. The first-order chi connectivity index (χ1) is 4.43. The topological polar surface area (TPSA) is 0 Å². The van der Waals surface area contributed by atoms with Crippen molar-refractivity contribution in [2.24, 2.45) is 0 Å². The molecule has 0 N–H and O–H groups in total. The minimum absolute atomic E-state index is 0. The van der Waals surface area contributed by atoms with Gasteiger partial charge in [0, 0.05) is 0 Å². The Labute approximate surface area is 68.7 Å². The van der Waals surface area contributed by atoms with Crippen molar-refractivity contribution >= 4 is 12.6 Å². The van der Waals surface area contributed by atoms with Crippen LogP contribution in [-0.4, -0.2) is 5.75 Å². The van der Waals surface area contributed by atoms with Crippen molar-refractivity contribution in [3.63, 3.8) is 0 Å². The Balaban J connectivity index is 0.000000810. The molecule has 0 amide bonds. The van der Waals surface area contributed by atoms with Gasteiger partial charge >= 0.3 is 0 Å². The zero-order valence-corrected chi connectivity index (χ0v) is 6.14. The van der Waals surface area contributed by atoms with Crippen LogP contribution in [0.4, 0.5) is 0 Å². The molecule has 0 spiro atoms. The van der Waals surface area contributed by atoms with Gasteiger partial charge in [-0.15, -0.1) is 0 Å². The Hall–Kier alpha value is -0.430. The molecule has 1 rings (SSSR count). The van der Waals surface area contributed by atoms with E-state index in [0.717, 1.165) is 12.2 Å². The number of benzene rings is 1. The van der Waals surface area contributed by atoms with Crippen molar-refractivity contribution < 1.29 is 0 Å². The molecule has 10 heavy (non-hydrogen) atoms. The molecule has 1 heteroatoms. The van der Waals surface area contributed by atoms with Gasteiger partial charge in [0.05, 0.1) is 0 Å². The zero-order chi connectivity index (χ0) is 6.53. The lowest BCUT2D eigenvalue weighted by Gasteiger charge is -1.93. The largest absolute Gasteiger partial charge is 0.179 e. The van der Waals surface area contributed by atoms with Crippen LogP contribution in [0.3, 0.4) is 0 Å². The van der Waals surface area contributed by atoms with E-state index in [1.54, 1.807) is 0 Å². The quantitative estimate of drug-likeness (QED) is 0.622. The van der Waals surface area contributed by atoms with Crippen LogP contribution in [0.2, 0.25) is 0 Å². The van der Waals surface area contributed by atoms with Crippen LogP contribution in [0.5, 0.6) is 0 Å². The normalized spacial score (nSPS) is 8.50. The highest BCUT2D eigenvalue weighted by atomic mass is 32.1. The van der Waals surface area contributed by atoms with Crippen LogP contribution in [0.15, 0.2) is 30.3 Å². The third-order valence-electron chi connectivity index (χ3n) is 1.24. The summed E-state index contributed by atoms with van der Waals surface area (Å²) < 4.78 is 0. The first-order valence-electron chi connectivity index (χ1n) is 3.08. The zero-order valence-electron chi connectivity index (χ0n) is 5.25.